The Labute approximate surface area is 123 Å². The number of nitrogens with zero attached hydrogens (tertiary/aromatic N) is 2. The third-order valence-corrected chi connectivity index (χ3v) is 4.16. The molecule has 0 spiro atoms. The van der Waals surface area contributed by atoms with Gasteiger partial charge in [0.05, 0.1) is 5.56 Å². The number of benzene rings is 1. The number of halogens is 3. The van der Waals surface area contributed by atoms with Crippen LogP contribution in [0.1, 0.15) is 23.6 Å². The number of hydrogen-bond donors (Lipinski definition) is 1. The third kappa shape index (κ3) is 3.75. The SMILES string of the molecule is CN1CCCN(C)C(C(N)c2ccccc2C(F)(F)F)C1. The third-order valence-electron chi connectivity index (χ3n) is 4.16. The second-order valence-electron chi connectivity index (χ2n) is 5.77. The molecule has 2 unspecified atom stereocenters. The molecule has 2 atom stereocenters. The lowest BCUT2D eigenvalue weighted by atomic mass is 9.94. The van der Waals surface area contributed by atoms with E-state index >= 15 is 0 Å². The summed E-state index contributed by atoms with van der Waals surface area (Å²) >= 11 is 0. The van der Waals surface area contributed by atoms with Gasteiger partial charge in [0.25, 0.3) is 0 Å². The van der Waals surface area contributed by atoms with Gasteiger partial charge >= 0.3 is 6.18 Å². The summed E-state index contributed by atoms with van der Waals surface area (Å²) in [5, 5.41) is 0. The summed E-state index contributed by atoms with van der Waals surface area (Å²) in [6.07, 6.45) is -3.37. The average molecular weight is 301 g/mol. The van der Waals surface area contributed by atoms with Crippen LogP contribution in [0.3, 0.4) is 0 Å². The highest BCUT2D eigenvalue weighted by molar-refractivity contribution is 5.33. The molecule has 0 saturated carbocycles. The van der Waals surface area contributed by atoms with Gasteiger partial charge in [0, 0.05) is 18.6 Å². The number of likely N-dealkylation sites (N-methyl/N-ethyl adjacent to an activating group) is 2. The zero-order valence-corrected chi connectivity index (χ0v) is 12.4. The number of nitrogens with two attached hydrogens (primary N) is 1. The Hall–Kier alpha value is -1.11. The van der Waals surface area contributed by atoms with E-state index in [4.69, 9.17) is 5.73 Å². The molecule has 1 aromatic rings. The molecule has 0 aromatic heterocycles. The minimum absolute atomic E-state index is 0.124. The van der Waals surface area contributed by atoms with E-state index in [1.165, 1.54) is 12.1 Å². The smallest absolute Gasteiger partial charge is 0.323 e. The maximum Gasteiger partial charge on any atom is 0.416 e. The summed E-state index contributed by atoms with van der Waals surface area (Å²) in [5.41, 5.74) is 5.77. The number of rotatable bonds is 2. The first kappa shape index (κ1) is 16.3. The molecular weight excluding hydrogens is 279 g/mol. The normalized spacial score (nSPS) is 23.8. The first-order valence-electron chi connectivity index (χ1n) is 7.11. The summed E-state index contributed by atoms with van der Waals surface area (Å²) in [4.78, 5) is 4.20. The molecule has 0 aliphatic carbocycles. The van der Waals surface area contributed by atoms with E-state index in [-0.39, 0.29) is 11.6 Å². The molecule has 1 saturated heterocycles. The zero-order chi connectivity index (χ0) is 15.6. The molecule has 3 nitrogen and oxygen atoms in total. The van der Waals surface area contributed by atoms with Crippen molar-refractivity contribution in [1.29, 1.82) is 0 Å². The Morgan fingerprint density at radius 3 is 2.52 bits per heavy atom. The van der Waals surface area contributed by atoms with Crippen molar-refractivity contribution in [3.05, 3.63) is 35.4 Å². The van der Waals surface area contributed by atoms with Gasteiger partial charge in [-0.15, -0.1) is 0 Å². The summed E-state index contributed by atoms with van der Waals surface area (Å²) in [7, 11) is 3.91. The highest BCUT2D eigenvalue weighted by Crippen LogP contribution is 2.35. The molecule has 1 aliphatic rings. The molecule has 2 rings (SSSR count). The van der Waals surface area contributed by atoms with Crippen molar-refractivity contribution in [2.45, 2.75) is 24.7 Å². The topological polar surface area (TPSA) is 32.5 Å². The highest BCUT2D eigenvalue weighted by atomic mass is 19.4. The van der Waals surface area contributed by atoms with Crippen LogP contribution in [0.2, 0.25) is 0 Å². The second kappa shape index (κ2) is 6.34. The van der Waals surface area contributed by atoms with Crippen molar-refractivity contribution in [3.8, 4) is 0 Å². The van der Waals surface area contributed by atoms with Crippen molar-refractivity contribution in [2.75, 3.05) is 33.7 Å². The number of hydrogen-bond acceptors (Lipinski definition) is 3. The molecule has 1 aromatic carbocycles. The van der Waals surface area contributed by atoms with Gasteiger partial charge in [-0.2, -0.15) is 13.2 Å². The van der Waals surface area contributed by atoms with Gasteiger partial charge in [0.1, 0.15) is 0 Å². The lowest BCUT2D eigenvalue weighted by Gasteiger charge is -2.33. The summed E-state index contributed by atoms with van der Waals surface area (Å²) in [6.45, 7) is 2.45. The van der Waals surface area contributed by atoms with Gasteiger partial charge in [-0.25, -0.2) is 0 Å². The monoisotopic (exact) mass is 301 g/mol. The van der Waals surface area contributed by atoms with Crippen LogP contribution in [0.4, 0.5) is 13.2 Å². The fourth-order valence-electron chi connectivity index (χ4n) is 2.95. The minimum Gasteiger partial charge on any atom is -0.323 e. The van der Waals surface area contributed by atoms with E-state index in [1.807, 2.05) is 14.1 Å². The minimum atomic E-state index is -4.37. The van der Waals surface area contributed by atoms with E-state index in [0.29, 0.717) is 6.54 Å². The molecule has 0 amide bonds. The van der Waals surface area contributed by atoms with E-state index in [9.17, 15) is 13.2 Å². The van der Waals surface area contributed by atoms with Crippen LogP contribution in [-0.4, -0.2) is 49.6 Å². The van der Waals surface area contributed by atoms with Gasteiger partial charge in [-0.1, -0.05) is 18.2 Å². The van der Waals surface area contributed by atoms with Gasteiger partial charge in [0.2, 0.25) is 0 Å². The van der Waals surface area contributed by atoms with Gasteiger partial charge < -0.3 is 15.5 Å². The number of alkyl halides is 3. The molecule has 118 valence electrons. The Balaban J connectivity index is 2.32. The molecular formula is C15H22F3N3. The average Bonchev–Trinajstić information content (AvgIpc) is 2.58. The second-order valence-corrected chi connectivity index (χ2v) is 5.77. The summed E-state index contributed by atoms with van der Waals surface area (Å²) in [6, 6.07) is 4.84. The summed E-state index contributed by atoms with van der Waals surface area (Å²) < 4.78 is 39.5. The fraction of sp³-hybridized carbons (Fsp3) is 0.600. The Morgan fingerprint density at radius 2 is 1.86 bits per heavy atom. The van der Waals surface area contributed by atoms with Gasteiger partial charge in [0.15, 0.2) is 0 Å². The first-order chi connectivity index (χ1) is 9.80. The lowest BCUT2D eigenvalue weighted by Crippen LogP contribution is -2.45. The van der Waals surface area contributed by atoms with Crippen LogP contribution >= 0.6 is 0 Å². The summed E-state index contributed by atoms with van der Waals surface area (Å²) in [5.74, 6) is 0. The molecule has 21 heavy (non-hydrogen) atoms. The largest absolute Gasteiger partial charge is 0.416 e. The van der Waals surface area contributed by atoms with Gasteiger partial charge in [-0.3, -0.25) is 0 Å². The van der Waals surface area contributed by atoms with Crippen LogP contribution in [0.15, 0.2) is 24.3 Å². The lowest BCUT2D eigenvalue weighted by molar-refractivity contribution is -0.138. The maximum atomic E-state index is 13.2. The predicted octanol–water partition coefficient (Wildman–Crippen LogP) is 2.34. The van der Waals surface area contributed by atoms with Crippen molar-refractivity contribution >= 4 is 0 Å². The van der Waals surface area contributed by atoms with E-state index in [1.54, 1.807) is 6.07 Å². The standard InChI is InChI=1S/C15H22F3N3/c1-20-8-5-9-21(2)13(10-20)14(19)11-6-3-4-7-12(11)15(16,17)18/h3-4,6-7,13-14H,5,8-10,19H2,1-2H3. The van der Waals surface area contributed by atoms with E-state index < -0.39 is 17.8 Å². The molecule has 1 aliphatic heterocycles. The van der Waals surface area contributed by atoms with Crippen molar-refractivity contribution < 1.29 is 13.2 Å². The fourth-order valence-corrected chi connectivity index (χ4v) is 2.95. The highest BCUT2D eigenvalue weighted by Gasteiger charge is 2.37. The van der Waals surface area contributed by atoms with Crippen molar-refractivity contribution in [3.63, 3.8) is 0 Å². The molecule has 1 heterocycles. The van der Waals surface area contributed by atoms with Crippen molar-refractivity contribution in [2.24, 2.45) is 5.73 Å². The van der Waals surface area contributed by atoms with Crippen LogP contribution in [-0.2, 0) is 6.18 Å². The Morgan fingerprint density at radius 1 is 1.19 bits per heavy atom. The molecule has 0 bridgehead atoms. The predicted molar refractivity (Wildman–Crippen MR) is 76.9 cm³/mol. The van der Waals surface area contributed by atoms with Crippen molar-refractivity contribution in [1.82, 2.24) is 9.80 Å². The molecule has 1 fully saturated rings. The maximum absolute atomic E-state index is 13.2. The van der Waals surface area contributed by atoms with Gasteiger partial charge in [-0.05, 0) is 45.2 Å². The quantitative estimate of drug-likeness (QED) is 0.910. The molecule has 6 heteroatoms. The van der Waals surface area contributed by atoms with Crippen LogP contribution in [0.5, 0.6) is 0 Å². The molecule has 0 radical (unpaired) electrons. The van der Waals surface area contributed by atoms with Crippen LogP contribution in [0.25, 0.3) is 0 Å². The zero-order valence-electron chi connectivity index (χ0n) is 12.4. The van der Waals surface area contributed by atoms with Crippen LogP contribution in [0, 0.1) is 0 Å². The van der Waals surface area contributed by atoms with Crippen LogP contribution < -0.4 is 5.73 Å². The van der Waals surface area contributed by atoms with E-state index in [0.717, 1.165) is 25.6 Å². The first-order valence-corrected chi connectivity index (χ1v) is 7.11. The Kier molecular flexibility index (Phi) is 4.91. The van der Waals surface area contributed by atoms with E-state index in [2.05, 4.69) is 9.80 Å². The Bertz CT molecular complexity index is 475. The molecule has 2 N–H and O–H groups in total.